The monoisotopic (exact) mass is 292 g/mol. The lowest BCUT2D eigenvalue weighted by Gasteiger charge is -2.08. The third-order valence-electron chi connectivity index (χ3n) is 3.80. The van der Waals surface area contributed by atoms with Crippen LogP contribution < -0.4 is 5.43 Å². The SMILES string of the molecule is CCC(=O)c1ccc2oc(-c3ccccc3)c(C)c(=O)c2c1. The molecule has 0 N–H and O–H groups in total. The minimum absolute atomic E-state index is 0.0195. The molecule has 3 nitrogen and oxygen atoms in total. The molecule has 110 valence electrons. The summed E-state index contributed by atoms with van der Waals surface area (Å²) in [5.74, 6) is 0.596. The van der Waals surface area contributed by atoms with Crippen LogP contribution >= 0.6 is 0 Å². The minimum Gasteiger partial charge on any atom is -0.456 e. The number of hydrogen-bond donors (Lipinski definition) is 0. The van der Waals surface area contributed by atoms with Gasteiger partial charge in [-0.1, -0.05) is 37.3 Å². The Labute approximate surface area is 128 Å². The number of rotatable bonds is 3. The molecule has 0 atom stereocenters. The Morgan fingerprint density at radius 1 is 1.09 bits per heavy atom. The van der Waals surface area contributed by atoms with Crippen molar-refractivity contribution in [1.82, 2.24) is 0 Å². The van der Waals surface area contributed by atoms with Crippen LogP contribution in [0.2, 0.25) is 0 Å². The molecule has 2 aromatic carbocycles. The third-order valence-corrected chi connectivity index (χ3v) is 3.80. The maximum atomic E-state index is 12.6. The Morgan fingerprint density at radius 2 is 1.82 bits per heavy atom. The van der Waals surface area contributed by atoms with Crippen LogP contribution in [0.4, 0.5) is 0 Å². The van der Waals surface area contributed by atoms with E-state index in [4.69, 9.17) is 4.42 Å². The van der Waals surface area contributed by atoms with Gasteiger partial charge in [-0.3, -0.25) is 9.59 Å². The van der Waals surface area contributed by atoms with E-state index in [0.717, 1.165) is 5.56 Å². The van der Waals surface area contributed by atoms with Gasteiger partial charge in [0.05, 0.1) is 5.39 Å². The van der Waals surface area contributed by atoms with Crippen molar-refractivity contribution in [3.63, 3.8) is 0 Å². The third kappa shape index (κ3) is 2.35. The normalized spacial score (nSPS) is 10.8. The van der Waals surface area contributed by atoms with E-state index in [1.54, 1.807) is 32.0 Å². The van der Waals surface area contributed by atoms with Crippen molar-refractivity contribution in [2.75, 3.05) is 0 Å². The average molecular weight is 292 g/mol. The minimum atomic E-state index is -0.0918. The number of ketones is 1. The van der Waals surface area contributed by atoms with E-state index in [0.29, 0.717) is 34.3 Å². The van der Waals surface area contributed by atoms with Crippen molar-refractivity contribution in [1.29, 1.82) is 0 Å². The molecule has 0 radical (unpaired) electrons. The molecule has 0 saturated carbocycles. The molecular formula is C19H16O3. The van der Waals surface area contributed by atoms with Crippen molar-refractivity contribution >= 4 is 16.8 Å². The van der Waals surface area contributed by atoms with Gasteiger partial charge in [0.1, 0.15) is 11.3 Å². The zero-order chi connectivity index (χ0) is 15.7. The Hall–Kier alpha value is -2.68. The Balaban J connectivity index is 2.27. The topological polar surface area (TPSA) is 47.3 Å². The van der Waals surface area contributed by atoms with Gasteiger partial charge in [0.15, 0.2) is 11.2 Å². The lowest BCUT2D eigenvalue weighted by Crippen LogP contribution is -2.08. The molecule has 22 heavy (non-hydrogen) atoms. The molecule has 1 heterocycles. The van der Waals surface area contributed by atoms with Crippen molar-refractivity contribution < 1.29 is 9.21 Å². The molecule has 0 spiro atoms. The Bertz CT molecular complexity index is 905. The Morgan fingerprint density at radius 3 is 2.50 bits per heavy atom. The summed E-state index contributed by atoms with van der Waals surface area (Å²) in [5, 5.41) is 0.455. The zero-order valence-corrected chi connectivity index (χ0v) is 12.6. The molecule has 0 aliphatic heterocycles. The first-order valence-electron chi connectivity index (χ1n) is 7.28. The van der Waals surface area contributed by atoms with Crippen molar-refractivity contribution in [2.24, 2.45) is 0 Å². The fourth-order valence-corrected chi connectivity index (χ4v) is 2.53. The molecular weight excluding hydrogens is 276 g/mol. The first-order chi connectivity index (χ1) is 10.6. The second kappa shape index (κ2) is 5.60. The molecule has 0 fully saturated rings. The quantitative estimate of drug-likeness (QED) is 0.674. The molecule has 0 aliphatic carbocycles. The van der Waals surface area contributed by atoms with Crippen LogP contribution in [0.25, 0.3) is 22.3 Å². The molecule has 3 rings (SSSR count). The van der Waals surface area contributed by atoms with E-state index in [1.807, 2.05) is 30.3 Å². The highest BCUT2D eigenvalue weighted by atomic mass is 16.3. The van der Waals surface area contributed by atoms with E-state index < -0.39 is 0 Å². The van der Waals surface area contributed by atoms with Crippen molar-refractivity contribution in [2.45, 2.75) is 20.3 Å². The molecule has 3 heteroatoms. The summed E-state index contributed by atoms with van der Waals surface area (Å²) in [6.45, 7) is 3.56. The summed E-state index contributed by atoms with van der Waals surface area (Å²) < 4.78 is 5.92. The van der Waals surface area contributed by atoms with E-state index in [9.17, 15) is 9.59 Å². The maximum Gasteiger partial charge on any atom is 0.196 e. The van der Waals surface area contributed by atoms with E-state index in [-0.39, 0.29) is 11.2 Å². The van der Waals surface area contributed by atoms with E-state index in [2.05, 4.69) is 0 Å². The van der Waals surface area contributed by atoms with Gasteiger partial charge in [-0.2, -0.15) is 0 Å². The fraction of sp³-hybridized carbons (Fsp3) is 0.158. The molecule has 0 aliphatic rings. The predicted octanol–water partition coefficient (Wildman–Crippen LogP) is 4.36. The number of Topliss-reactive ketones (excluding diaryl/α,β-unsaturated/α-hetero) is 1. The highest BCUT2D eigenvalue weighted by Crippen LogP contribution is 2.25. The largest absolute Gasteiger partial charge is 0.456 e. The van der Waals surface area contributed by atoms with Crippen LogP contribution in [0.15, 0.2) is 57.7 Å². The molecule has 0 saturated heterocycles. The number of hydrogen-bond acceptors (Lipinski definition) is 3. The average Bonchev–Trinajstić information content (AvgIpc) is 2.57. The maximum absolute atomic E-state index is 12.6. The standard InChI is InChI=1S/C19H16O3/c1-3-16(20)14-9-10-17-15(11-14)18(21)12(2)19(22-17)13-7-5-4-6-8-13/h4-11H,3H2,1-2H3. The summed E-state index contributed by atoms with van der Waals surface area (Å²) in [7, 11) is 0. The van der Waals surface area contributed by atoms with Gasteiger partial charge in [-0.25, -0.2) is 0 Å². The molecule has 0 unspecified atom stereocenters. The van der Waals surface area contributed by atoms with Crippen LogP contribution in [0.1, 0.15) is 29.3 Å². The fourth-order valence-electron chi connectivity index (χ4n) is 2.53. The van der Waals surface area contributed by atoms with Crippen molar-refractivity contribution in [3.05, 3.63) is 69.9 Å². The second-order valence-electron chi connectivity index (χ2n) is 5.24. The summed E-state index contributed by atoms with van der Waals surface area (Å²) in [5.41, 5.74) is 2.38. The number of fused-ring (bicyclic) bond motifs is 1. The van der Waals surface area contributed by atoms with Gasteiger partial charge >= 0.3 is 0 Å². The first kappa shape index (κ1) is 14.3. The summed E-state index contributed by atoms with van der Waals surface area (Å²) in [6.07, 6.45) is 0.415. The van der Waals surface area contributed by atoms with Gasteiger partial charge in [0, 0.05) is 23.1 Å². The van der Waals surface area contributed by atoms with Crippen molar-refractivity contribution in [3.8, 4) is 11.3 Å². The number of carbonyl (C=O) groups is 1. The van der Waals surface area contributed by atoms with Crippen LogP contribution in [0.5, 0.6) is 0 Å². The van der Waals surface area contributed by atoms with E-state index >= 15 is 0 Å². The van der Waals surface area contributed by atoms with E-state index in [1.165, 1.54) is 0 Å². The first-order valence-corrected chi connectivity index (χ1v) is 7.28. The molecule has 0 bridgehead atoms. The molecule has 0 amide bonds. The summed E-state index contributed by atoms with van der Waals surface area (Å²) >= 11 is 0. The summed E-state index contributed by atoms with van der Waals surface area (Å²) in [4.78, 5) is 24.4. The van der Waals surface area contributed by atoms with Crippen LogP contribution in [-0.2, 0) is 0 Å². The predicted molar refractivity (Wildman–Crippen MR) is 87.3 cm³/mol. The molecule has 3 aromatic rings. The van der Waals surface area contributed by atoms with Gasteiger partial charge in [-0.15, -0.1) is 0 Å². The van der Waals surface area contributed by atoms with Crippen LogP contribution in [0.3, 0.4) is 0 Å². The molecule has 1 aromatic heterocycles. The highest BCUT2D eigenvalue weighted by Gasteiger charge is 2.14. The highest BCUT2D eigenvalue weighted by molar-refractivity contribution is 5.99. The lowest BCUT2D eigenvalue weighted by molar-refractivity contribution is 0.0988. The smallest absolute Gasteiger partial charge is 0.196 e. The number of benzene rings is 2. The summed E-state index contributed by atoms with van der Waals surface area (Å²) in [6, 6.07) is 14.6. The van der Waals surface area contributed by atoms with Gasteiger partial charge in [-0.05, 0) is 25.1 Å². The second-order valence-corrected chi connectivity index (χ2v) is 5.24. The van der Waals surface area contributed by atoms with Crippen LogP contribution in [0, 0.1) is 6.92 Å². The van der Waals surface area contributed by atoms with Crippen LogP contribution in [-0.4, -0.2) is 5.78 Å². The Kier molecular flexibility index (Phi) is 3.63. The van der Waals surface area contributed by atoms with Gasteiger partial charge in [0.2, 0.25) is 0 Å². The van der Waals surface area contributed by atoms with Gasteiger partial charge in [0.25, 0.3) is 0 Å². The van der Waals surface area contributed by atoms with Gasteiger partial charge < -0.3 is 4.42 Å². The zero-order valence-electron chi connectivity index (χ0n) is 12.6. The number of carbonyl (C=O) groups excluding carboxylic acids is 1. The lowest BCUT2D eigenvalue weighted by atomic mass is 10.0.